The molecular formula is C23H38N7O17P3PbS. The first-order valence-electron chi connectivity index (χ1n) is 14.5. The van der Waals surface area contributed by atoms with E-state index in [1.807, 2.05) is 0 Å². The average Bonchev–Trinajstić information content (AvgIpc) is 3.57. The minimum Gasteiger partial charge on any atom is -0.386 e. The summed E-state index contributed by atoms with van der Waals surface area (Å²) in [7, 11) is -16.4. The van der Waals surface area contributed by atoms with E-state index in [9.17, 15) is 57.9 Å². The molecule has 3 heterocycles. The van der Waals surface area contributed by atoms with E-state index in [1.54, 1.807) is 0 Å². The van der Waals surface area contributed by atoms with Crippen LogP contribution in [0, 0.1) is 5.41 Å². The molecule has 1 aliphatic heterocycles. The molecule has 2 aromatic rings. The van der Waals surface area contributed by atoms with E-state index in [0.717, 1.165) is 29.0 Å². The Morgan fingerprint density at radius 1 is 1.08 bits per heavy atom. The topological polar surface area (TPSA) is 364 Å². The minimum atomic E-state index is -5.56. The van der Waals surface area contributed by atoms with Crippen LogP contribution in [0.2, 0.25) is 0 Å². The monoisotopic (exact) mass is 1020 g/mol. The molecule has 292 valence electrons. The van der Waals surface area contributed by atoms with Crippen LogP contribution >= 0.6 is 35.2 Å². The summed E-state index contributed by atoms with van der Waals surface area (Å²) >= 11 is 1.03. The van der Waals surface area contributed by atoms with Gasteiger partial charge in [-0.05, 0) is 0 Å². The molecule has 1 aliphatic rings. The summed E-state index contributed by atoms with van der Waals surface area (Å²) < 4.78 is 61.8. The number of ether oxygens (including phenoxy) is 1. The zero-order valence-electron chi connectivity index (χ0n) is 27.6. The molecule has 3 rings (SSSR count). The predicted molar refractivity (Wildman–Crippen MR) is 179 cm³/mol. The number of aromatic nitrogens is 4. The number of aliphatic hydroxyl groups is 2. The Morgan fingerprint density at radius 2 is 1.73 bits per heavy atom. The second-order valence-electron chi connectivity index (χ2n) is 11.4. The first kappa shape index (κ1) is 46.6. The normalized spacial score (nSPS) is 22.2. The van der Waals surface area contributed by atoms with Gasteiger partial charge in [-0.25, -0.2) is 28.6 Å². The summed E-state index contributed by atoms with van der Waals surface area (Å²) in [5.74, 6) is -1.08. The maximum Gasteiger partial charge on any atom is 0.481 e. The molecule has 1 fully saturated rings. The molecule has 4 radical (unpaired) electrons. The molecule has 0 aliphatic carbocycles. The number of hydrogen-bond donors (Lipinski definition) is 9. The van der Waals surface area contributed by atoms with Crippen LogP contribution in [0.15, 0.2) is 12.7 Å². The number of hydrogen-bond acceptors (Lipinski definition) is 18. The molecule has 1 saturated heterocycles. The van der Waals surface area contributed by atoms with E-state index in [0.29, 0.717) is 5.75 Å². The number of carbonyl (C=O) groups excluding carboxylic acids is 3. The van der Waals surface area contributed by atoms with E-state index in [2.05, 4.69) is 34.4 Å². The number of carbonyl (C=O) groups is 3. The number of aliphatic hydroxyl groups excluding tert-OH is 2. The van der Waals surface area contributed by atoms with Crippen LogP contribution in [0.4, 0.5) is 5.82 Å². The number of amides is 2. The molecule has 3 unspecified atom stereocenters. The molecule has 0 spiro atoms. The van der Waals surface area contributed by atoms with Gasteiger partial charge in [-0.2, -0.15) is 4.31 Å². The second-order valence-corrected chi connectivity index (χ2v) is 16.9. The first-order valence-corrected chi connectivity index (χ1v) is 20.0. The van der Waals surface area contributed by atoms with Gasteiger partial charge < -0.3 is 50.9 Å². The zero-order valence-corrected chi connectivity index (χ0v) is 35.0. The average molecular weight is 1020 g/mol. The molecule has 10 N–H and O–H groups in total. The fourth-order valence-corrected chi connectivity index (χ4v) is 7.65. The van der Waals surface area contributed by atoms with E-state index < -0.39 is 84.6 Å². The van der Waals surface area contributed by atoms with Gasteiger partial charge in [0.2, 0.25) is 11.8 Å². The van der Waals surface area contributed by atoms with Crippen LogP contribution in [0.25, 0.3) is 11.2 Å². The number of phosphoric acid groups is 3. The Hall–Kier alpha value is -1.52. The van der Waals surface area contributed by atoms with Gasteiger partial charge >= 0.3 is 23.5 Å². The van der Waals surface area contributed by atoms with Crippen molar-refractivity contribution in [2.45, 2.75) is 57.8 Å². The SMILES string of the molecule is CC(=O)SCCNC(=O)CCNC(=O)C(O)C(C)(C)COP(=O)(O)OP(=O)(O)OC[C@H]1O[C@@H](n2cnc3c(N)ncnc32)[C@H](O)[C@@H]1OP(=O)(O)O.[Pb]. The number of imidazole rings is 1. The van der Waals surface area contributed by atoms with E-state index >= 15 is 0 Å². The molecule has 24 nitrogen and oxygen atoms in total. The first-order chi connectivity index (χ1) is 23.5. The summed E-state index contributed by atoms with van der Waals surface area (Å²) in [5.41, 5.74) is 4.26. The second kappa shape index (κ2) is 19.4. The van der Waals surface area contributed by atoms with Crippen molar-refractivity contribution >= 4 is 96.4 Å². The third-order valence-electron chi connectivity index (χ3n) is 6.81. The zero-order chi connectivity index (χ0) is 38.4. The molecule has 2 aromatic heterocycles. The standard InChI is InChI=1S/C23H38N7O17P3S.Pb/c1-12(31)51-7-6-25-14(32)4-5-26-21(35)18(34)23(2,3)9-44-50(41,42)47-49(39,40)43-8-13-17(46-48(36,37)38)16(33)22(45-13)30-11-29-15-19(24)27-10-28-20(15)30;/h10-11,13,16-18,22,33-34H,4-9H2,1-3H3,(H,25,32)(H,26,35)(H,39,40)(H,41,42)(H2,24,27,28)(H2,36,37,38);/t13-,16-,17-,18?,22-;/m1./s1. The number of rotatable bonds is 19. The Kier molecular flexibility index (Phi) is 17.4. The van der Waals surface area contributed by atoms with Crippen molar-refractivity contribution < 1.29 is 80.5 Å². The number of nitrogen functional groups attached to an aromatic ring is 1. The number of nitrogens with one attached hydrogen (secondary N) is 2. The van der Waals surface area contributed by atoms with Crippen molar-refractivity contribution in [3.63, 3.8) is 0 Å². The fourth-order valence-electron chi connectivity index (χ4n) is 4.32. The quantitative estimate of drug-likeness (QED) is 0.0430. The van der Waals surface area contributed by atoms with Crippen molar-refractivity contribution in [3.05, 3.63) is 12.7 Å². The van der Waals surface area contributed by atoms with Crippen LogP contribution in [0.5, 0.6) is 0 Å². The smallest absolute Gasteiger partial charge is 0.386 e. The number of phosphoric ester groups is 3. The van der Waals surface area contributed by atoms with Crippen molar-refractivity contribution in [1.82, 2.24) is 30.2 Å². The molecule has 0 saturated carbocycles. The van der Waals surface area contributed by atoms with Crippen LogP contribution in [0.3, 0.4) is 0 Å². The van der Waals surface area contributed by atoms with Crippen LogP contribution in [-0.2, 0) is 50.7 Å². The summed E-state index contributed by atoms with van der Waals surface area (Å²) in [6.45, 7) is 1.90. The fraction of sp³-hybridized carbons (Fsp3) is 0.652. The van der Waals surface area contributed by atoms with Gasteiger partial charge in [-0.3, -0.25) is 32.5 Å². The van der Waals surface area contributed by atoms with Gasteiger partial charge in [-0.15, -0.1) is 0 Å². The van der Waals surface area contributed by atoms with Gasteiger partial charge in [0.05, 0.1) is 19.5 Å². The third kappa shape index (κ3) is 14.0. The van der Waals surface area contributed by atoms with Crippen molar-refractivity contribution in [3.8, 4) is 0 Å². The van der Waals surface area contributed by atoms with Crippen molar-refractivity contribution in [1.29, 1.82) is 0 Å². The maximum atomic E-state index is 12.6. The maximum absolute atomic E-state index is 12.6. The number of nitrogens with two attached hydrogens (primary N) is 1. The summed E-state index contributed by atoms with van der Waals surface area (Å²) in [6.07, 6.45) is -6.88. The van der Waals surface area contributed by atoms with Gasteiger partial charge in [0.15, 0.2) is 22.8 Å². The Morgan fingerprint density at radius 3 is 2.37 bits per heavy atom. The summed E-state index contributed by atoms with van der Waals surface area (Å²) in [4.78, 5) is 85.9. The van der Waals surface area contributed by atoms with Gasteiger partial charge in [-0.1, -0.05) is 25.6 Å². The van der Waals surface area contributed by atoms with Gasteiger partial charge in [0, 0.05) is 64.9 Å². The number of nitrogens with zero attached hydrogens (tertiary/aromatic N) is 4. The molecule has 52 heavy (non-hydrogen) atoms. The largest absolute Gasteiger partial charge is 0.481 e. The van der Waals surface area contributed by atoms with Crippen molar-refractivity contribution in [2.75, 3.05) is 37.8 Å². The minimum absolute atomic E-state index is 0. The number of fused-ring (bicyclic) bond motifs is 1. The Labute approximate surface area is 319 Å². The Balaban J connectivity index is 0.00000936. The van der Waals surface area contributed by atoms with Crippen LogP contribution in [0.1, 0.15) is 33.4 Å². The summed E-state index contributed by atoms with van der Waals surface area (Å²) in [5, 5.41) is 26.1. The predicted octanol–water partition coefficient (Wildman–Crippen LogP) is -1.70. The molecule has 29 heteroatoms. The van der Waals surface area contributed by atoms with Crippen LogP contribution < -0.4 is 16.4 Å². The van der Waals surface area contributed by atoms with Crippen LogP contribution in [-0.4, -0.2) is 150 Å². The molecule has 2 amide bonds. The molecule has 0 bridgehead atoms. The van der Waals surface area contributed by atoms with Gasteiger partial charge in [0.25, 0.3) is 0 Å². The van der Waals surface area contributed by atoms with E-state index in [4.69, 9.17) is 19.5 Å². The van der Waals surface area contributed by atoms with E-state index in [-0.39, 0.29) is 68.9 Å². The Bertz CT molecular complexity index is 1720. The molecule has 7 atom stereocenters. The number of thioether (sulfide) groups is 1. The molecular weight excluding hydrogens is 978 g/mol. The molecule has 0 aromatic carbocycles. The van der Waals surface area contributed by atoms with Gasteiger partial charge in [0.1, 0.15) is 36.3 Å². The third-order valence-corrected chi connectivity index (χ3v) is 10.7. The van der Waals surface area contributed by atoms with Crippen molar-refractivity contribution in [2.24, 2.45) is 5.41 Å². The summed E-state index contributed by atoms with van der Waals surface area (Å²) in [6, 6.07) is 0. The van der Waals surface area contributed by atoms with E-state index in [1.165, 1.54) is 20.8 Å². The number of anilines is 1.